The van der Waals surface area contributed by atoms with Crippen LogP contribution >= 0.6 is 0 Å². The van der Waals surface area contributed by atoms with E-state index in [-0.39, 0.29) is 35.9 Å². The van der Waals surface area contributed by atoms with Gasteiger partial charge in [-0.3, -0.25) is 19.9 Å². The molecule has 0 aliphatic carbocycles. The quantitative estimate of drug-likeness (QED) is 0.0981. The summed E-state index contributed by atoms with van der Waals surface area (Å²) in [5, 5.41) is 7.40. The van der Waals surface area contributed by atoms with E-state index in [1.165, 1.54) is 37.3 Å². The number of nitrogen functional groups attached to an aromatic ring is 1. The molecule has 0 atom stereocenters. The zero-order valence-electron chi connectivity index (χ0n) is 20.8. The number of amidine groups is 1. The van der Waals surface area contributed by atoms with E-state index >= 15 is 0 Å². The minimum absolute atomic E-state index is 0.0975. The molecule has 2 aromatic rings. The molecular weight excluding hydrogens is 490 g/mol. The number of hydrogen-bond acceptors (Lipinski definition) is 8. The van der Waals surface area contributed by atoms with Gasteiger partial charge in [-0.05, 0) is 61.9 Å². The van der Waals surface area contributed by atoms with Crippen molar-refractivity contribution in [3.8, 4) is 30.1 Å². The molecule has 0 unspecified atom stereocenters. The average molecular weight is 516 g/mol. The summed E-state index contributed by atoms with van der Waals surface area (Å²) in [6.07, 6.45) is 6.59. The molecule has 0 spiro atoms. The first-order valence-corrected chi connectivity index (χ1v) is 11.2. The highest BCUT2D eigenvalue weighted by Crippen LogP contribution is 2.16. The minimum Gasteiger partial charge on any atom is -0.456 e. The predicted molar refractivity (Wildman–Crippen MR) is 138 cm³/mol. The number of carbonyl (C=O) groups is 4. The monoisotopic (exact) mass is 515 g/mol. The van der Waals surface area contributed by atoms with E-state index in [2.05, 4.69) is 17.9 Å². The first-order valence-electron chi connectivity index (χ1n) is 11.2. The molecular formula is C28H25N3O7. The van der Waals surface area contributed by atoms with E-state index in [0.717, 1.165) is 4.90 Å². The third-order valence-corrected chi connectivity index (χ3v) is 4.66. The van der Waals surface area contributed by atoms with Gasteiger partial charge in [0.15, 0.2) is 6.61 Å². The molecule has 0 aromatic heterocycles. The van der Waals surface area contributed by atoms with Crippen molar-refractivity contribution in [1.29, 1.82) is 5.41 Å². The second-order valence-electron chi connectivity index (χ2n) is 7.49. The zero-order chi connectivity index (χ0) is 28.1. The van der Waals surface area contributed by atoms with Crippen molar-refractivity contribution < 1.29 is 33.4 Å². The molecule has 194 valence electrons. The molecule has 0 bridgehead atoms. The van der Waals surface area contributed by atoms with Gasteiger partial charge in [0, 0.05) is 23.1 Å². The second-order valence-corrected chi connectivity index (χ2v) is 7.49. The topological polar surface area (TPSA) is 149 Å². The first kappa shape index (κ1) is 28.9. The fourth-order valence-corrected chi connectivity index (χ4v) is 2.85. The van der Waals surface area contributed by atoms with Crippen LogP contribution in [0.3, 0.4) is 0 Å². The number of esters is 3. The van der Waals surface area contributed by atoms with Gasteiger partial charge in [-0.2, -0.15) is 0 Å². The van der Waals surface area contributed by atoms with Crippen molar-refractivity contribution in [2.24, 2.45) is 5.73 Å². The number of nitrogens with two attached hydrogens (primary N) is 1. The number of benzene rings is 2. The molecule has 0 saturated heterocycles. The average Bonchev–Trinajstić information content (AvgIpc) is 2.90. The smallest absolute Gasteiger partial charge is 0.386 e. The standard InChI is InChI=1S/C28H25N3O7/c1-4-16-37-25(33)18-31(15-14-24(32)36-5-2)27(34)19(3)17-20-6-8-22(9-7-20)28(35)38-23-12-10-21(11-13-23)26(29)30/h1,6-13,17H,5,16,18H2,2-3H3,(H3,29,30). The Morgan fingerprint density at radius 3 is 2.24 bits per heavy atom. The maximum absolute atomic E-state index is 12.9. The minimum atomic E-state index is -0.860. The van der Waals surface area contributed by atoms with Crippen molar-refractivity contribution in [2.45, 2.75) is 13.8 Å². The summed E-state index contributed by atoms with van der Waals surface area (Å²) in [5.41, 5.74) is 6.94. The summed E-state index contributed by atoms with van der Waals surface area (Å²) in [4.78, 5) is 49.8. The SMILES string of the molecule is C#CCOC(=O)CN(C#CC(=O)OCC)C(=O)C(C)=Cc1ccc(C(=O)Oc2ccc(C(=N)N)cc2)cc1. The van der Waals surface area contributed by atoms with Crippen molar-refractivity contribution in [3.05, 3.63) is 70.8 Å². The highest BCUT2D eigenvalue weighted by atomic mass is 16.5. The lowest BCUT2D eigenvalue weighted by molar-refractivity contribution is -0.145. The number of rotatable bonds is 9. The van der Waals surface area contributed by atoms with Crippen molar-refractivity contribution >= 4 is 35.7 Å². The number of nitrogens with one attached hydrogen (secondary N) is 1. The van der Waals surface area contributed by atoms with Crippen molar-refractivity contribution in [2.75, 3.05) is 19.8 Å². The number of ether oxygens (including phenoxy) is 3. The van der Waals surface area contributed by atoms with Gasteiger partial charge in [-0.1, -0.05) is 18.1 Å². The van der Waals surface area contributed by atoms with E-state index in [1.54, 1.807) is 31.2 Å². The van der Waals surface area contributed by atoms with Gasteiger partial charge < -0.3 is 19.9 Å². The molecule has 1 amide bonds. The molecule has 38 heavy (non-hydrogen) atoms. The maximum Gasteiger partial charge on any atom is 0.386 e. The molecule has 0 aliphatic heterocycles. The van der Waals surface area contributed by atoms with Crippen LogP contribution in [0.5, 0.6) is 5.75 Å². The maximum atomic E-state index is 12.9. The zero-order valence-corrected chi connectivity index (χ0v) is 20.8. The second kappa shape index (κ2) is 14.3. The van der Waals surface area contributed by atoms with Crippen LogP contribution in [0.25, 0.3) is 6.08 Å². The Labute approximate surface area is 219 Å². The number of carbonyl (C=O) groups excluding carboxylic acids is 4. The van der Waals surface area contributed by atoms with Gasteiger partial charge in [-0.15, -0.1) is 6.42 Å². The van der Waals surface area contributed by atoms with E-state index in [9.17, 15) is 19.2 Å². The molecule has 0 heterocycles. The van der Waals surface area contributed by atoms with Crippen molar-refractivity contribution in [1.82, 2.24) is 4.90 Å². The summed E-state index contributed by atoms with van der Waals surface area (Å²) >= 11 is 0. The van der Waals surface area contributed by atoms with Crippen molar-refractivity contribution in [3.63, 3.8) is 0 Å². The van der Waals surface area contributed by atoms with Crippen LogP contribution in [0.15, 0.2) is 54.1 Å². The van der Waals surface area contributed by atoms with Crippen LogP contribution in [-0.4, -0.2) is 54.3 Å². The largest absolute Gasteiger partial charge is 0.456 e. The fraction of sp³-hybridized carbons (Fsp3) is 0.179. The lowest BCUT2D eigenvalue weighted by Gasteiger charge is -2.15. The number of amides is 1. The van der Waals surface area contributed by atoms with E-state index in [1.807, 2.05) is 0 Å². The number of hydrogen-bond donors (Lipinski definition) is 2. The molecule has 0 fully saturated rings. The molecule has 0 radical (unpaired) electrons. The fourth-order valence-electron chi connectivity index (χ4n) is 2.85. The Bertz CT molecular complexity index is 1340. The summed E-state index contributed by atoms with van der Waals surface area (Å²) in [5.74, 6) is 1.55. The first-order chi connectivity index (χ1) is 18.1. The van der Waals surface area contributed by atoms with Crippen LogP contribution in [0.2, 0.25) is 0 Å². The third kappa shape index (κ3) is 9.02. The van der Waals surface area contributed by atoms with E-state index < -0.39 is 30.4 Å². The normalized spacial score (nSPS) is 10.2. The molecule has 10 heteroatoms. The number of nitrogens with zero attached hydrogens (tertiary/aromatic N) is 1. The molecule has 2 rings (SSSR count). The molecule has 10 nitrogen and oxygen atoms in total. The summed E-state index contributed by atoms with van der Waals surface area (Å²) in [6.45, 7) is 2.36. The van der Waals surface area contributed by atoms with Crippen LogP contribution < -0.4 is 10.5 Å². The Hall–Kier alpha value is -5.35. The summed E-state index contributed by atoms with van der Waals surface area (Å²) in [6, 6.07) is 14.7. The Morgan fingerprint density at radius 2 is 1.66 bits per heavy atom. The van der Waals surface area contributed by atoms with Gasteiger partial charge in [0.2, 0.25) is 0 Å². The van der Waals surface area contributed by atoms with Gasteiger partial charge in [0.05, 0.1) is 12.2 Å². The summed E-state index contributed by atoms with van der Waals surface area (Å²) < 4.78 is 14.8. The Morgan fingerprint density at radius 1 is 1.03 bits per heavy atom. The van der Waals surface area contributed by atoms with E-state index in [0.29, 0.717) is 11.1 Å². The van der Waals surface area contributed by atoms with Gasteiger partial charge in [0.25, 0.3) is 5.91 Å². The molecule has 0 aliphatic rings. The molecule has 2 aromatic carbocycles. The predicted octanol–water partition coefficient (Wildman–Crippen LogP) is 2.12. The van der Waals surface area contributed by atoms with Crippen LogP contribution in [-0.2, 0) is 23.9 Å². The van der Waals surface area contributed by atoms with Gasteiger partial charge in [0.1, 0.15) is 18.1 Å². The van der Waals surface area contributed by atoms with Crippen LogP contribution in [0, 0.1) is 29.7 Å². The highest BCUT2D eigenvalue weighted by molar-refractivity contribution is 6.01. The Balaban J connectivity index is 2.15. The lowest BCUT2D eigenvalue weighted by atomic mass is 10.1. The summed E-state index contributed by atoms with van der Waals surface area (Å²) in [7, 11) is 0. The third-order valence-electron chi connectivity index (χ3n) is 4.66. The van der Waals surface area contributed by atoms with Crippen LogP contribution in [0.4, 0.5) is 0 Å². The number of terminal acetylenes is 1. The molecule has 3 N–H and O–H groups in total. The van der Waals surface area contributed by atoms with Gasteiger partial charge >= 0.3 is 17.9 Å². The molecule has 0 saturated carbocycles. The van der Waals surface area contributed by atoms with Crippen LogP contribution in [0.1, 0.15) is 35.3 Å². The highest BCUT2D eigenvalue weighted by Gasteiger charge is 2.19. The van der Waals surface area contributed by atoms with Gasteiger partial charge in [-0.25, -0.2) is 9.59 Å². The lowest BCUT2D eigenvalue weighted by Crippen LogP contribution is -2.33. The van der Waals surface area contributed by atoms with E-state index in [4.69, 9.17) is 31.8 Å². The Kier molecular flexibility index (Phi) is 10.8.